The molecule has 1 amide bonds. The number of carbonyl (C=O) groups excluding carboxylic acids is 1. The van der Waals surface area contributed by atoms with E-state index in [2.05, 4.69) is 10.2 Å². The standard InChI is InChI=1S/C21H19FN4O5/c1-30-16(31-2)11-25-20(13-3-7-14(22)8-4-13)17-18(23-24-19(17)21(25)27)12-5-9-15(10-6-12)26(28)29/h3-10,16,20H,11H2,1-2H3,(H,23,24). The Morgan fingerprint density at radius 1 is 1.16 bits per heavy atom. The van der Waals surface area contributed by atoms with Crippen LogP contribution in [0.4, 0.5) is 10.1 Å². The first kappa shape index (κ1) is 20.6. The van der Waals surface area contributed by atoms with Crippen molar-refractivity contribution in [2.75, 3.05) is 20.8 Å². The summed E-state index contributed by atoms with van der Waals surface area (Å²) < 4.78 is 24.1. The lowest BCUT2D eigenvalue weighted by Gasteiger charge is -2.29. The van der Waals surface area contributed by atoms with E-state index in [4.69, 9.17) is 9.47 Å². The Morgan fingerprint density at radius 3 is 2.39 bits per heavy atom. The summed E-state index contributed by atoms with van der Waals surface area (Å²) in [6.07, 6.45) is -0.660. The molecule has 0 saturated carbocycles. The monoisotopic (exact) mass is 426 g/mol. The highest BCUT2D eigenvalue weighted by molar-refractivity contribution is 6.00. The van der Waals surface area contributed by atoms with Gasteiger partial charge in [0.1, 0.15) is 11.5 Å². The molecule has 0 spiro atoms. The lowest BCUT2D eigenvalue weighted by Crippen LogP contribution is -2.38. The fourth-order valence-corrected chi connectivity index (χ4v) is 3.74. The van der Waals surface area contributed by atoms with Gasteiger partial charge >= 0.3 is 0 Å². The fraction of sp³-hybridized carbons (Fsp3) is 0.238. The van der Waals surface area contributed by atoms with Crippen LogP contribution in [0.25, 0.3) is 11.3 Å². The van der Waals surface area contributed by atoms with Gasteiger partial charge in [-0.2, -0.15) is 5.10 Å². The zero-order valence-electron chi connectivity index (χ0n) is 16.7. The average molecular weight is 426 g/mol. The van der Waals surface area contributed by atoms with Gasteiger partial charge in [0.05, 0.1) is 23.2 Å². The predicted molar refractivity (Wildman–Crippen MR) is 108 cm³/mol. The van der Waals surface area contributed by atoms with Crippen molar-refractivity contribution in [2.24, 2.45) is 0 Å². The number of non-ortho nitro benzene ring substituents is 1. The molecule has 2 aromatic carbocycles. The Morgan fingerprint density at radius 2 is 1.81 bits per heavy atom. The molecule has 3 aromatic rings. The molecule has 1 aliphatic heterocycles. The van der Waals surface area contributed by atoms with Gasteiger partial charge in [-0.25, -0.2) is 4.39 Å². The third-order valence-corrected chi connectivity index (χ3v) is 5.27. The van der Waals surface area contributed by atoms with Crippen molar-refractivity contribution in [3.8, 4) is 11.3 Å². The SMILES string of the molecule is COC(CN1C(=O)c2[nH]nc(-c3ccc([N+](=O)[O-])cc3)c2C1c1ccc(F)cc1)OC. The van der Waals surface area contributed by atoms with Crippen molar-refractivity contribution in [2.45, 2.75) is 12.3 Å². The first-order valence-electron chi connectivity index (χ1n) is 9.39. The van der Waals surface area contributed by atoms with Crippen LogP contribution in [0, 0.1) is 15.9 Å². The molecule has 1 unspecified atom stereocenters. The van der Waals surface area contributed by atoms with Crippen molar-refractivity contribution in [1.82, 2.24) is 15.1 Å². The largest absolute Gasteiger partial charge is 0.354 e. The van der Waals surface area contributed by atoms with Gasteiger partial charge in [-0.15, -0.1) is 0 Å². The van der Waals surface area contributed by atoms with Gasteiger partial charge in [0, 0.05) is 37.5 Å². The lowest BCUT2D eigenvalue weighted by atomic mass is 9.96. The summed E-state index contributed by atoms with van der Waals surface area (Å²) in [6, 6.07) is 11.2. The summed E-state index contributed by atoms with van der Waals surface area (Å²) in [7, 11) is 2.95. The van der Waals surface area contributed by atoms with Crippen molar-refractivity contribution < 1.29 is 23.6 Å². The molecule has 2 heterocycles. The molecular weight excluding hydrogens is 407 g/mol. The van der Waals surface area contributed by atoms with E-state index in [9.17, 15) is 19.3 Å². The van der Waals surface area contributed by atoms with E-state index in [1.165, 1.54) is 38.5 Å². The summed E-state index contributed by atoms with van der Waals surface area (Å²) in [4.78, 5) is 25.2. The minimum absolute atomic E-state index is 0.0493. The van der Waals surface area contributed by atoms with Crippen LogP contribution in [-0.4, -0.2) is 53.0 Å². The predicted octanol–water partition coefficient (Wildman–Crippen LogP) is 3.29. The number of fused-ring (bicyclic) bond motifs is 1. The van der Waals surface area contributed by atoms with Gasteiger partial charge < -0.3 is 14.4 Å². The van der Waals surface area contributed by atoms with Crippen molar-refractivity contribution in [3.05, 3.63) is 81.3 Å². The maximum Gasteiger partial charge on any atom is 0.273 e. The number of aromatic amines is 1. The zero-order valence-corrected chi connectivity index (χ0v) is 16.7. The quantitative estimate of drug-likeness (QED) is 0.353. The van der Waals surface area contributed by atoms with E-state index in [0.717, 1.165) is 0 Å². The number of ether oxygens (including phenoxy) is 2. The van der Waals surface area contributed by atoms with E-state index in [1.807, 2.05) is 0 Å². The maximum absolute atomic E-state index is 13.6. The minimum atomic E-state index is -0.660. The molecule has 0 fully saturated rings. The Hall–Kier alpha value is -3.63. The number of nitro groups is 1. The number of nitro benzene ring substituents is 1. The highest BCUT2D eigenvalue weighted by atomic mass is 19.1. The zero-order chi connectivity index (χ0) is 22.1. The maximum atomic E-state index is 13.6. The van der Waals surface area contributed by atoms with E-state index in [0.29, 0.717) is 28.1 Å². The number of benzene rings is 2. The smallest absolute Gasteiger partial charge is 0.273 e. The molecule has 160 valence electrons. The van der Waals surface area contributed by atoms with Crippen LogP contribution < -0.4 is 0 Å². The molecule has 4 rings (SSSR count). The van der Waals surface area contributed by atoms with Crippen molar-refractivity contribution >= 4 is 11.6 Å². The molecule has 0 radical (unpaired) electrons. The molecule has 0 bridgehead atoms. The van der Waals surface area contributed by atoms with Crippen molar-refractivity contribution in [3.63, 3.8) is 0 Å². The van der Waals surface area contributed by atoms with E-state index < -0.39 is 23.1 Å². The summed E-state index contributed by atoms with van der Waals surface area (Å²) >= 11 is 0. The molecule has 0 aliphatic carbocycles. The lowest BCUT2D eigenvalue weighted by molar-refractivity contribution is -0.384. The first-order chi connectivity index (χ1) is 14.9. The topological polar surface area (TPSA) is 111 Å². The second kappa shape index (κ2) is 8.25. The number of nitrogens with zero attached hydrogens (tertiary/aromatic N) is 3. The van der Waals surface area contributed by atoms with Crippen LogP contribution in [0.15, 0.2) is 48.5 Å². The molecule has 9 nitrogen and oxygen atoms in total. The number of carbonyl (C=O) groups is 1. The Kier molecular flexibility index (Phi) is 5.49. The van der Waals surface area contributed by atoms with Crippen LogP contribution in [-0.2, 0) is 9.47 Å². The molecule has 31 heavy (non-hydrogen) atoms. The van der Waals surface area contributed by atoms with Crippen LogP contribution in [0.2, 0.25) is 0 Å². The van der Waals surface area contributed by atoms with Crippen LogP contribution in [0.5, 0.6) is 0 Å². The second-order valence-electron chi connectivity index (χ2n) is 6.98. The van der Waals surface area contributed by atoms with Gasteiger partial charge in [0.2, 0.25) is 0 Å². The molecule has 1 aliphatic rings. The average Bonchev–Trinajstić information content (AvgIpc) is 3.32. The molecule has 10 heteroatoms. The number of H-pyrrole nitrogens is 1. The number of rotatable bonds is 7. The van der Waals surface area contributed by atoms with E-state index >= 15 is 0 Å². The van der Waals surface area contributed by atoms with Crippen molar-refractivity contribution in [1.29, 1.82) is 0 Å². The number of nitrogens with one attached hydrogen (secondary N) is 1. The molecule has 1 atom stereocenters. The third-order valence-electron chi connectivity index (χ3n) is 5.27. The number of halogens is 1. The number of aromatic nitrogens is 2. The summed E-state index contributed by atoms with van der Waals surface area (Å²) in [6.45, 7) is 0.135. The molecule has 1 aromatic heterocycles. The minimum Gasteiger partial charge on any atom is -0.354 e. The van der Waals surface area contributed by atoms with Gasteiger partial charge in [-0.05, 0) is 29.8 Å². The Bertz CT molecular complexity index is 1110. The van der Waals surface area contributed by atoms with Gasteiger partial charge in [-0.3, -0.25) is 20.0 Å². The summed E-state index contributed by atoms with van der Waals surface area (Å²) in [5, 5.41) is 18.1. The molecular formula is C21H19FN4O5. The third kappa shape index (κ3) is 3.66. The van der Waals surface area contributed by atoms with Crippen LogP contribution in [0.1, 0.15) is 27.7 Å². The highest BCUT2D eigenvalue weighted by Gasteiger charge is 2.43. The van der Waals surface area contributed by atoms with Crippen LogP contribution in [0.3, 0.4) is 0 Å². The normalized spacial score (nSPS) is 15.5. The van der Waals surface area contributed by atoms with Crippen LogP contribution >= 0.6 is 0 Å². The number of hydrogen-bond donors (Lipinski definition) is 1. The molecule has 1 N–H and O–H groups in total. The number of hydrogen-bond acceptors (Lipinski definition) is 6. The van der Waals surface area contributed by atoms with Gasteiger partial charge in [0.15, 0.2) is 6.29 Å². The number of methoxy groups -OCH3 is 2. The number of amides is 1. The van der Waals surface area contributed by atoms with E-state index in [-0.39, 0.29) is 18.1 Å². The Balaban J connectivity index is 1.82. The fourth-order valence-electron chi connectivity index (χ4n) is 3.74. The highest BCUT2D eigenvalue weighted by Crippen LogP contribution is 2.43. The second-order valence-corrected chi connectivity index (χ2v) is 6.98. The summed E-state index contributed by atoms with van der Waals surface area (Å²) in [5.41, 5.74) is 2.64. The summed E-state index contributed by atoms with van der Waals surface area (Å²) in [5.74, 6) is -0.696. The van der Waals surface area contributed by atoms with Gasteiger partial charge in [0.25, 0.3) is 11.6 Å². The first-order valence-corrected chi connectivity index (χ1v) is 9.39. The Labute approximate surface area is 176 Å². The molecule has 0 saturated heterocycles. The van der Waals surface area contributed by atoms with E-state index in [1.54, 1.807) is 29.2 Å². The van der Waals surface area contributed by atoms with Gasteiger partial charge in [-0.1, -0.05) is 12.1 Å².